The summed E-state index contributed by atoms with van der Waals surface area (Å²) in [4.78, 5) is 0.985. The lowest BCUT2D eigenvalue weighted by atomic mass is 9.77. The van der Waals surface area contributed by atoms with E-state index in [1.54, 1.807) is 0 Å². The van der Waals surface area contributed by atoms with Gasteiger partial charge in [-0.3, -0.25) is 0 Å². The smallest absolute Gasteiger partial charge is 0.138 e. The average molecular weight is 322 g/mol. The molecule has 4 heteroatoms. The molecule has 0 unspecified atom stereocenters. The molecule has 0 bridgehead atoms. The van der Waals surface area contributed by atoms with Crippen LogP contribution >= 0.6 is 11.8 Å². The largest absolute Gasteiger partial charge is 0.378 e. The molecule has 23 heavy (non-hydrogen) atoms. The lowest BCUT2D eigenvalue weighted by Gasteiger charge is -2.43. The van der Waals surface area contributed by atoms with Crippen LogP contribution in [0.25, 0.3) is 0 Å². The van der Waals surface area contributed by atoms with Crippen LogP contribution in [-0.4, -0.2) is 6.61 Å². The van der Waals surface area contributed by atoms with E-state index in [1.165, 1.54) is 22.9 Å². The highest BCUT2D eigenvalue weighted by atomic mass is 32.2. The number of hydrogen-bond donors (Lipinski definition) is 1. The van der Waals surface area contributed by atoms with E-state index < -0.39 is 0 Å². The van der Waals surface area contributed by atoms with Gasteiger partial charge < -0.3 is 10.1 Å². The van der Waals surface area contributed by atoms with Gasteiger partial charge in [-0.15, -0.1) is 0 Å². The SMILES string of the molecule is N#CSc1ccc2c(c1)[C@H]1OCCC[C@H]1[C@H](c1ccccc1)N2. The molecule has 0 aliphatic carbocycles. The number of fused-ring (bicyclic) bond motifs is 3. The summed E-state index contributed by atoms with van der Waals surface area (Å²) in [6, 6.07) is 17.1. The van der Waals surface area contributed by atoms with Gasteiger partial charge in [0.15, 0.2) is 0 Å². The first-order chi connectivity index (χ1) is 11.4. The van der Waals surface area contributed by atoms with Crippen molar-refractivity contribution in [1.82, 2.24) is 0 Å². The van der Waals surface area contributed by atoms with Gasteiger partial charge in [0.2, 0.25) is 0 Å². The van der Waals surface area contributed by atoms with Crippen LogP contribution in [0.1, 0.15) is 36.1 Å². The second-order valence-electron chi connectivity index (χ2n) is 6.07. The highest BCUT2D eigenvalue weighted by Gasteiger charge is 2.39. The molecule has 0 spiro atoms. The monoisotopic (exact) mass is 322 g/mol. The van der Waals surface area contributed by atoms with Gasteiger partial charge >= 0.3 is 0 Å². The average Bonchev–Trinajstić information content (AvgIpc) is 2.62. The van der Waals surface area contributed by atoms with Gasteiger partial charge in [-0.2, -0.15) is 5.26 Å². The zero-order valence-corrected chi connectivity index (χ0v) is 13.6. The van der Waals surface area contributed by atoms with E-state index >= 15 is 0 Å². The first-order valence-electron chi connectivity index (χ1n) is 8.00. The van der Waals surface area contributed by atoms with Crippen LogP contribution < -0.4 is 5.32 Å². The predicted molar refractivity (Wildman–Crippen MR) is 92.1 cm³/mol. The fraction of sp³-hybridized carbons (Fsp3) is 0.316. The van der Waals surface area contributed by atoms with Crippen molar-refractivity contribution in [2.75, 3.05) is 11.9 Å². The van der Waals surface area contributed by atoms with E-state index in [1.807, 2.05) is 6.07 Å². The molecular weight excluding hydrogens is 304 g/mol. The van der Waals surface area contributed by atoms with Gasteiger partial charge in [0.05, 0.1) is 12.1 Å². The molecule has 0 aromatic heterocycles. The van der Waals surface area contributed by atoms with E-state index in [9.17, 15) is 0 Å². The number of nitrogens with zero attached hydrogens (tertiary/aromatic N) is 1. The Kier molecular flexibility index (Phi) is 3.99. The number of hydrogen-bond acceptors (Lipinski definition) is 4. The van der Waals surface area contributed by atoms with Crippen molar-refractivity contribution in [3.63, 3.8) is 0 Å². The van der Waals surface area contributed by atoms with Gasteiger partial charge in [0, 0.05) is 28.7 Å². The topological polar surface area (TPSA) is 45.0 Å². The summed E-state index contributed by atoms with van der Waals surface area (Å²) in [6.45, 7) is 0.817. The van der Waals surface area contributed by atoms with Crippen molar-refractivity contribution >= 4 is 17.4 Å². The van der Waals surface area contributed by atoms with Gasteiger partial charge in [-0.1, -0.05) is 30.3 Å². The molecule has 0 radical (unpaired) electrons. The Hall–Kier alpha value is -1.96. The second kappa shape index (κ2) is 6.27. The Labute approximate surface area is 140 Å². The van der Waals surface area contributed by atoms with Crippen LogP contribution in [0, 0.1) is 16.6 Å². The minimum Gasteiger partial charge on any atom is -0.378 e. The van der Waals surface area contributed by atoms with E-state index in [2.05, 4.69) is 53.2 Å². The number of nitriles is 1. The molecule has 2 heterocycles. The maximum Gasteiger partial charge on any atom is 0.138 e. The van der Waals surface area contributed by atoms with Gasteiger partial charge in [0.1, 0.15) is 5.40 Å². The lowest BCUT2D eigenvalue weighted by Crippen LogP contribution is -2.36. The maximum absolute atomic E-state index is 8.91. The van der Waals surface area contributed by atoms with Crippen LogP contribution in [0.3, 0.4) is 0 Å². The molecule has 2 aromatic carbocycles. The maximum atomic E-state index is 8.91. The first kappa shape index (κ1) is 14.6. The predicted octanol–water partition coefficient (Wildman–Crippen LogP) is 4.89. The summed E-state index contributed by atoms with van der Waals surface area (Å²) < 4.78 is 6.16. The lowest BCUT2D eigenvalue weighted by molar-refractivity contribution is -0.0382. The molecular formula is C19H18N2OS. The Morgan fingerprint density at radius 1 is 1.17 bits per heavy atom. The minimum absolute atomic E-state index is 0.115. The molecule has 0 amide bonds. The highest BCUT2D eigenvalue weighted by molar-refractivity contribution is 8.03. The number of rotatable bonds is 2. The standard InChI is InChI=1S/C19H18N2OS/c20-12-23-14-8-9-17-16(11-14)19-15(7-4-10-22-19)18(21-17)13-5-2-1-3-6-13/h1-3,5-6,8-9,11,15,18-19,21H,4,7,10H2/t15-,18-,19-/m0/s1. The molecule has 116 valence electrons. The van der Waals surface area contributed by atoms with Crippen LogP contribution in [0.4, 0.5) is 5.69 Å². The number of thioether (sulfide) groups is 1. The fourth-order valence-corrected chi connectivity index (χ4v) is 4.18. The third-order valence-electron chi connectivity index (χ3n) is 4.76. The molecule has 2 aliphatic rings. The van der Waals surface area contributed by atoms with Crippen LogP contribution in [0.2, 0.25) is 0 Å². The minimum atomic E-state index is 0.115. The number of anilines is 1. The summed E-state index contributed by atoms with van der Waals surface area (Å²) >= 11 is 1.21. The number of benzene rings is 2. The van der Waals surface area contributed by atoms with E-state index in [4.69, 9.17) is 10.00 Å². The summed E-state index contributed by atoms with van der Waals surface area (Å²) in [5.41, 5.74) is 3.64. The van der Waals surface area contributed by atoms with Crippen molar-refractivity contribution in [3.8, 4) is 5.40 Å². The van der Waals surface area contributed by atoms with Crippen LogP contribution in [0.5, 0.6) is 0 Å². The number of ether oxygens (including phenoxy) is 1. The summed E-state index contributed by atoms with van der Waals surface area (Å²) in [6.07, 6.45) is 2.38. The first-order valence-corrected chi connectivity index (χ1v) is 8.81. The van der Waals surface area contributed by atoms with Crippen LogP contribution in [-0.2, 0) is 4.74 Å². The Morgan fingerprint density at radius 2 is 2.04 bits per heavy atom. The zero-order chi connectivity index (χ0) is 15.6. The van der Waals surface area contributed by atoms with Crippen molar-refractivity contribution in [1.29, 1.82) is 5.26 Å². The molecule has 1 fully saturated rings. The van der Waals surface area contributed by atoms with Crippen molar-refractivity contribution in [2.45, 2.75) is 29.9 Å². The molecule has 1 N–H and O–H groups in total. The quantitative estimate of drug-likeness (QED) is 0.631. The number of nitrogens with one attached hydrogen (secondary N) is 1. The van der Waals surface area contributed by atoms with Crippen LogP contribution in [0.15, 0.2) is 53.4 Å². The molecule has 0 saturated carbocycles. The Balaban J connectivity index is 1.75. The van der Waals surface area contributed by atoms with E-state index in [0.29, 0.717) is 5.92 Å². The van der Waals surface area contributed by atoms with E-state index in [0.717, 1.165) is 30.0 Å². The highest BCUT2D eigenvalue weighted by Crippen LogP contribution is 2.49. The molecule has 1 saturated heterocycles. The molecule has 2 aromatic rings. The van der Waals surface area contributed by atoms with Crippen molar-refractivity contribution < 1.29 is 4.74 Å². The van der Waals surface area contributed by atoms with E-state index in [-0.39, 0.29) is 12.1 Å². The number of thiocyanates is 1. The molecule has 3 atom stereocenters. The summed E-state index contributed by atoms with van der Waals surface area (Å²) in [5, 5.41) is 14.8. The summed E-state index contributed by atoms with van der Waals surface area (Å²) in [7, 11) is 0. The summed E-state index contributed by atoms with van der Waals surface area (Å²) in [5.74, 6) is 0.431. The van der Waals surface area contributed by atoms with Crippen molar-refractivity contribution in [2.24, 2.45) is 5.92 Å². The van der Waals surface area contributed by atoms with Gasteiger partial charge in [-0.25, -0.2) is 0 Å². The normalized spacial score (nSPS) is 25.6. The molecule has 2 aliphatic heterocycles. The Morgan fingerprint density at radius 3 is 2.87 bits per heavy atom. The Bertz CT molecular complexity index is 741. The molecule has 4 rings (SSSR count). The third-order valence-corrected chi connectivity index (χ3v) is 5.34. The fourth-order valence-electron chi connectivity index (χ4n) is 3.76. The van der Waals surface area contributed by atoms with Gasteiger partial charge in [0.25, 0.3) is 0 Å². The second-order valence-corrected chi connectivity index (χ2v) is 6.93. The van der Waals surface area contributed by atoms with Crippen molar-refractivity contribution in [3.05, 3.63) is 59.7 Å². The molecule has 3 nitrogen and oxygen atoms in total. The third kappa shape index (κ3) is 2.71. The van der Waals surface area contributed by atoms with Gasteiger partial charge in [-0.05, 0) is 48.4 Å². The zero-order valence-electron chi connectivity index (χ0n) is 12.7.